The third-order valence-electron chi connectivity index (χ3n) is 2.98. The highest BCUT2D eigenvalue weighted by Gasteiger charge is 2.30. The molecule has 1 amide bonds. The van der Waals surface area contributed by atoms with E-state index in [0.29, 0.717) is 6.54 Å². The fourth-order valence-electron chi connectivity index (χ4n) is 1.94. The number of nitrogens with zero attached hydrogens (tertiary/aromatic N) is 1. The number of carbonyl (C=O) groups excluding carboxylic acids is 2. The van der Waals surface area contributed by atoms with Gasteiger partial charge in [0.2, 0.25) is 0 Å². The van der Waals surface area contributed by atoms with Crippen molar-refractivity contribution in [3.05, 3.63) is 12.2 Å². The lowest BCUT2D eigenvalue weighted by atomic mass is 10.1. The summed E-state index contributed by atoms with van der Waals surface area (Å²) in [5, 5.41) is 0. The van der Waals surface area contributed by atoms with E-state index in [4.69, 9.17) is 4.74 Å². The predicted molar refractivity (Wildman–Crippen MR) is 74.9 cm³/mol. The highest BCUT2D eigenvalue weighted by atomic mass is 16.6. The number of rotatable bonds is 3. The second-order valence-corrected chi connectivity index (χ2v) is 6.30. The van der Waals surface area contributed by atoms with Crippen LogP contribution in [-0.4, -0.2) is 35.0 Å². The van der Waals surface area contributed by atoms with Crippen molar-refractivity contribution >= 4 is 11.9 Å². The second-order valence-electron chi connectivity index (χ2n) is 6.30. The van der Waals surface area contributed by atoms with Crippen molar-refractivity contribution in [1.82, 2.24) is 4.90 Å². The van der Waals surface area contributed by atoms with Gasteiger partial charge in [0.15, 0.2) is 5.78 Å². The summed E-state index contributed by atoms with van der Waals surface area (Å²) >= 11 is 0. The molecule has 0 N–H and O–H groups in total. The molecule has 0 saturated carbocycles. The molecule has 0 radical (unpaired) electrons. The highest BCUT2D eigenvalue weighted by molar-refractivity contribution is 5.91. The first-order valence-electron chi connectivity index (χ1n) is 6.92. The fourth-order valence-corrected chi connectivity index (χ4v) is 1.94. The molecule has 19 heavy (non-hydrogen) atoms. The Morgan fingerprint density at radius 1 is 1.32 bits per heavy atom. The number of ketones is 1. The average Bonchev–Trinajstić information content (AvgIpc) is 2.71. The third kappa shape index (κ3) is 5.05. The van der Waals surface area contributed by atoms with E-state index < -0.39 is 5.60 Å². The highest BCUT2D eigenvalue weighted by Crippen LogP contribution is 2.21. The summed E-state index contributed by atoms with van der Waals surface area (Å²) in [6, 6.07) is -0.0162. The lowest BCUT2D eigenvalue weighted by molar-refractivity contribution is -0.117. The molecule has 4 nitrogen and oxygen atoms in total. The van der Waals surface area contributed by atoms with E-state index in [1.54, 1.807) is 11.0 Å². The van der Waals surface area contributed by atoms with Crippen molar-refractivity contribution in [3.63, 3.8) is 0 Å². The van der Waals surface area contributed by atoms with Crippen LogP contribution in [-0.2, 0) is 9.53 Å². The van der Waals surface area contributed by atoms with Gasteiger partial charge in [0.25, 0.3) is 0 Å². The molecule has 1 atom stereocenters. The lowest BCUT2D eigenvalue weighted by Crippen LogP contribution is -2.39. The normalized spacial score (nSPS) is 20.3. The molecule has 1 rings (SSSR count). The summed E-state index contributed by atoms with van der Waals surface area (Å²) in [6.45, 7) is 10.00. The van der Waals surface area contributed by atoms with Crippen LogP contribution in [0.1, 0.15) is 47.5 Å². The molecule has 0 aromatic rings. The van der Waals surface area contributed by atoms with Gasteiger partial charge in [-0.3, -0.25) is 4.79 Å². The molecular formula is C15H25NO3. The number of likely N-dealkylation sites (tertiary alicyclic amines) is 1. The SMILES string of the molecule is CC(C)C(=O)/C=C/[C@@H]1CCCN1C(=O)OC(C)(C)C. The molecule has 108 valence electrons. The van der Waals surface area contributed by atoms with E-state index in [1.807, 2.05) is 40.7 Å². The maximum absolute atomic E-state index is 12.0. The Balaban J connectivity index is 2.64. The van der Waals surface area contributed by atoms with Crippen molar-refractivity contribution in [2.75, 3.05) is 6.54 Å². The van der Waals surface area contributed by atoms with Gasteiger partial charge in [-0.2, -0.15) is 0 Å². The van der Waals surface area contributed by atoms with Crippen LogP contribution in [0.5, 0.6) is 0 Å². The summed E-state index contributed by atoms with van der Waals surface area (Å²) in [6.07, 6.45) is 4.97. The second kappa shape index (κ2) is 6.22. The topological polar surface area (TPSA) is 46.6 Å². The van der Waals surface area contributed by atoms with E-state index in [2.05, 4.69) is 0 Å². The van der Waals surface area contributed by atoms with Gasteiger partial charge in [-0.05, 0) is 39.7 Å². The van der Waals surface area contributed by atoms with Gasteiger partial charge in [0.1, 0.15) is 5.60 Å². The van der Waals surface area contributed by atoms with Crippen LogP contribution in [0.25, 0.3) is 0 Å². The first-order valence-corrected chi connectivity index (χ1v) is 6.92. The van der Waals surface area contributed by atoms with Crippen LogP contribution in [0.15, 0.2) is 12.2 Å². The summed E-state index contributed by atoms with van der Waals surface area (Å²) < 4.78 is 5.37. The Kier molecular flexibility index (Phi) is 5.15. The molecule has 0 aliphatic carbocycles. The predicted octanol–water partition coefficient (Wildman–Crippen LogP) is 3.17. The maximum Gasteiger partial charge on any atom is 0.410 e. The largest absolute Gasteiger partial charge is 0.444 e. The molecule has 0 unspecified atom stereocenters. The minimum atomic E-state index is -0.484. The zero-order valence-corrected chi connectivity index (χ0v) is 12.6. The van der Waals surface area contributed by atoms with Crippen LogP contribution in [0, 0.1) is 5.92 Å². The van der Waals surface area contributed by atoms with Crippen molar-refractivity contribution in [2.24, 2.45) is 5.92 Å². The van der Waals surface area contributed by atoms with Gasteiger partial charge < -0.3 is 9.64 Å². The summed E-state index contributed by atoms with van der Waals surface area (Å²) in [4.78, 5) is 25.3. The Hall–Kier alpha value is -1.32. The molecule has 1 fully saturated rings. The van der Waals surface area contributed by atoms with Gasteiger partial charge in [-0.15, -0.1) is 0 Å². The molecule has 1 aliphatic rings. The monoisotopic (exact) mass is 267 g/mol. The number of hydrogen-bond donors (Lipinski definition) is 0. The fraction of sp³-hybridized carbons (Fsp3) is 0.733. The Labute approximate surface area is 115 Å². The van der Waals surface area contributed by atoms with E-state index in [9.17, 15) is 9.59 Å². The van der Waals surface area contributed by atoms with Crippen LogP contribution >= 0.6 is 0 Å². The van der Waals surface area contributed by atoms with E-state index in [0.717, 1.165) is 12.8 Å². The van der Waals surface area contributed by atoms with Crippen molar-refractivity contribution in [2.45, 2.75) is 59.1 Å². The number of allylic oxidation sites excluding steroid dienone is 1. The first kappa shape index (κ1) is 15.7. The van der Waals surface area contributed by atoms with Crippen molar-refractivity contribution in [1.29, 1.82) is 0 Å². The molecule has 0 bridgehead atoms. The molecule has 1 saturated heterocycles. The molecular weight excluding hydrogens is 242 g/mol. The Morgan fingerprint density at radius 2 is 1.95 bits per heavy atom. The minimum absolute atomic E-state index is 0.00682. The van der Waals surface area contributed by atoms with Gasteiger partial charge in [-0.25, -0.2) is 4.79 Å². The van der Waals surface area contributed by atoms with Crippen molar-refractivity contribution < 1.29 is 14.3 Å². The quantitative estimate of drug-likeness (QED) is 0.738. The maximum atomic E-state index is 12.0. The Bertz CT molecular complexity index is 366. The molecule has 0 spiro atoms. The number of carbonyl (C=O) groups is 2. The summed E-state index contributed by atoms with van der Waals surface area (Å²) in [5.41, 5.74) is -0.484. The van der Waals surface area contributed by atoms with Crippen LogP contribution in [0.4, 0.5) is 4.79 Å². The van der Waals surface area contributed by atoms with E-state index in [1.165, 1.54) is 0 Å². The molecule has 0 aromatic heterocycles. The molecule has 1 aliphatic heterocycles. The standard InChI is InChI=1S/C15H25NO3/c1-11(2)13(17)9-8-12-7-6-10-16(12)14(18)19-15(3,4)5/h8-9,11-12H,6-7,10H2,1-5H3/b9-8+/t12-/m0/s1. The number of amides is 1. The van der Waals surface area contributed by atoms with Crippen LogP contribution < -0.4 is 0 Å². The van der Waals surface area contributed by atoms with E-state index >= 15 is 0 Å². The lowest BCUT2D eigenvalue weighted by Gasteiger charge is -2.27. The van der Waals surface area contributed by atoms with Gasteiger partial charge in [-0.1, -0.05) is 19.9 Å². The molecule has 4 heteroatoms. The third-order valence-corrected chi connectivity index (χ3v) is 2.98. The average molecular weight is 267 g/mol. The minimum Gasteiger partial charge on any atom is -0.444 e. The van der Waals surface area contributed by atoms with Crippen LogP contribution in [0.3, 0.4) is 0 Å². The van der Waals surface area contributed by atoms with Gasteiger partial charge in [0.05, 0.1) is 6.04 Å². The number of hydrogen-bond acceptors (Lipinski definition) is 3. The van der Waals surface area contributed by atoms with Gasteiger partial charge in [0, 0.05) is 12.5 Å². The zero-order chi connectivity index (χ0) is 14.6. The zero-order valence-electron chi connectivity index (χ0n) is 12.6. The summed E-state index contributed by atoms with van der Waals surface area (Å²) in [7, 11) is 0. The first-order chi connectivity index (χ1) is 8.70. The summed E-state index contributed by atoms with van der Waals surface area (Å²) in [5.74, 6) is 0.0867. The molecule has 1 heterocycles. The van der Waals surface area contributed by atoms with Crippen LogP contribution in [0.2, 0.25) is 0 Å². The van der Waals surface area contributed by atoms with Gasteiger partial charge >= 0.3 is 6.09 Å². The van der Waals surface area contributed by atoms with E-state index in [-0.39, 0.29) is 23.8 Å². The smallest absolute Gasteiger partial charge is 0.410 e. The number of ether oxygens (including phenoxy) is 1. The van der Waals surface area contributed by atoms with Crippen molar-refractivity contribution in [3.8, 4) is 0 Å². The molecule has 0 aromatic carbocycles. The Morgan fingerprint density at radius 3 is 2.47 bits per heavy atom.